The maximum Gasteiger partial charge on any atom is 0.332 e. The molecule has 0 fully saturated rings. The zero-order chi connectivity index (χ0) is 17.7. The number of halogens is 1. The number of hydrogen-bond donors (Lipinski definition) is 1. The molecule has 0 saturated carbocycles. The number of methoxy groups -OCH3 is 1. The molecule has 2 rings (SSSR count). The monoisotopic (exact) mass is 337 g/mol. The molecule has 0 saturated heterocycles. The first kappa shape index (κ1) is 18.9. The molecule has 134 valence electrons. The first-order chi connectivity index (χ1) is 11.4. The maximum atomic E-state index is 13.6. The Labute approximate surface area is 143 Å². The van der Waals surface area contributed by atoms with Crippen LogP contribution in [0.1, 0.15) is 43.7 Å². The second-order valence-corrected chi connectivity index (χ2v) is 6.89. The van der Waals surface area contributed by atoms with Crippen LogP contribution in [0, 0.1) is 11.7 Å². The molecule has 0 radical (unpaired) electrons. The summed E-state index contributed by atoms with van der Waals surface area (Å²) in [4.78, 5) is 12.2. The van der Waals surface area contributed by atoms with E-state index in [9.17, 15) is 9.18 Å². The number of carbonyl (C=O) groups excluding carboxylic acids is 1. The van der Waals surface area contributed by atoms with Gasteiger partial charge in [0.15, 0.2) is 0 Å². The average molecular weight is 337 g/mol. The number of benzene rings is 1. The van der Waals surface area contributed by atoms with E-state index in [2.05, 4.69) is 19.2 Å². The van der Waals surface area contributed by atoms with Crippen LogP contribution in [0.5, 0.6) is 0 Å². The molecule has 2 atom stereocenters. The van der Waals surface area contributed by atoms with Gasteiger partial charge in [-0.2, -0.15) is 0 Å². The highest BCUT2D eigenvalue weighted by molar-refractivity contribution is 5.71. The molecule has 1 aliphatic rings. The van der Waals surface area contributed by atoms with Crippen molar-refractivity contribution in [2.75, 3.05) is 27.3 Å². The zero-order valence-electron chi connectivity index (χ0n) is 15.0. The van der Waals surface area contributed by atoms with Gasteiger partial charge in [-0.3, -0.25) is 0 Å². The van der Waals surface area contributed by atoms with Crippen molar-refractivity contribution in [3.05, 3.63) is 35.1 Å². The van der Waals surface area contributed by atoms with Crippen LogP contribution in [-0.4, -0.2) is 38.9 Å². The topological polar surface area (TPSA) is 47.6 Å². The quantitative estimate of drug-likeness (QED) is 0.777. The fourth-order valence-corrected chi connectivity index (χ4v) is 4.00. The molecule has 1 aromatic carbocycles. The summed E-state index contributed by atoms with van der Waals surface area (Å²) in [5, 5.41) is 3.16. The standard InChI is InChI=1S/C19H28FNO3/c1-13(2)18-16-6-5-15(20)11-14(16)7-8-19(18,9-10-21-3)24-17(22)12-23-4/h5-6,11,13,18,21H,7-10,12H2,1-4H3. The van der Waals surface area contributed by atoms with E-state index in [-0.39, 0.29) is 30.2 Å². The number of hydrogen-bond acceptors (Lipinski definition) is 4. The lowest BCUT2D eigenvalue weighted by Gasteiger charge is -2.46. The van der Waals surface area contributed by atoms with Gasteiger partial charge in [-0.05, 0) is 55.6 Å². The van der Waals surface area contributed by atoms with E-state index >= 15 is 0 Å². The second-order valence-electron chi connectivity index (χ2n) is 6.89. The summed E-state index contributed by atoms with van der Waals surface area (Å²) in [7, 11) is 3.38. The van der Waals surface area contributed by atoms with Crippen LogP contribution >= 0.6 is 0 Å². The van der Waals surface area contributed by atoms with Crippen LogP contribution in [0.25, 0.3) is 0 Å². The van der Waals surface area contributed by atoms with E-state index in [0.717, 1.165) is 24.1 Å². The van der Waals surface area contributed by atoms with Gasteiger partial charge >= 0.3 is 5.97 Å². The van der Waals surface area contributed by atoms with Crippen molar-refractivity contribution in [1.82, 2.24) is 5.32 Å². The number of nitrogens with one attached hydrogen (secondary N) is 1. The van der Waals surface area contributed by atoms with E-state index in [1.807, 2.05) is 13.1 Å². The second kappa shape index (κ2) is 8.08. The summed E-state index contributed by atoms with van der Waals surface area (Å²) in [6.07, 6.45) is 2.13. The highest BCUT2D eigenvalue weighted by Gasteiger charge is 2.47. The van der Waals surface area contributed by atoms with E-state index in [1.165, 1.54) is 13.2 Å². The van der Waals surface area contributed by atoms with Gasteiger partial charge in [0.1, 0.15) is 18.0 Å². The lowest BCUT2D eigenvalue weighted by molar-refractivity contribution is -0.171. The van der Waals surface area contributed by atoms with E-state index in [0.29, 0.717) is 12.8 Å². The highest BCUT2D eigenvalue weighted by atomic mass is 19.1. The van der Waals surface area contributed by atoms with Gasteiger partial charge in [0.05, 0.1) is 0 Å². The largest absolute Gasteiger partial charge is 0.457 e. The molecule has 0 aliphatic heterocycles. The molecule has 4 nitrogen and oxygen atoms in total. The number of aryl methyl sites for hydroxylation is 1. The minimum absolute atomic E-state index is 0.0380. The molecular weight excluding hydrogens is 309 g/mol. The lowest BCUT2D eigenvalue weighted by atomic mass is 9.65. The fourth-order valence-electron chi connectivity index (χ4n) is 4.00. The van der Waals surface area contributed by atoms with Gasteiger partial charge in [-0.25, -0.2) is 9.18 Å². The minimum Gasteiger partial charge on any atom is -0.457 e. The van der Waals surface area contributed by atoms with Crippen molar-refractivity contribution >= 4 is 5.97 Å². The Morgan fingerprint density at radius 1 is 1.46 bits per heavy atom. The SMILES string of the molecule is CNCCC1(OC(=O)COC)CCc2cc(F)ccc2C1C(C)C. The van der Waals surface area contributed by atoms with Gasteiger partial charge in [-0.1, -0.05) is 19.9 Å². The maximum absolute atomic E-state index is 13.6. The van der Waals surface area contributed by atoms with Crippen LogP contribution in [0.3, 0.4) is 0 Å². The number of esters is 1. The summed E-state index contributed by atoms with van der Waals surface area (Å²) in [5.41, 5.74) is 1.54. The molecule has 2 unspecified atom stereocenters. The Morgan fingerprint density at radius 3 is 2.83 bits per heavy atom. The van der Waals surface area contributed by atoms with Crippen LogP contribution < -0.4 is 5.32 Å². The smallest absolute Gasteiger partial charge is 0.332 e. The molecule has 1 aromatic rings. The van der Waals surface area contributed by atoms with Crippen molar-refractivity contribution in [3.63, 3.8) is 0 Å². The van der Waals surface area contributed by atoms with Crippen molar-refractivity contribution in [2.24, 2.45) is 5.92 Å². The molecule has 0 bridgehead atoms. The van der Waals surface area contributed by atoms with Gasteiger partial charge in [0, 0.05) is 19.4 Å². The summed E-state index contributed by atoms with van der Waals surface area (Å²) in [5.74, 6) is -0.252. The number of carbonyl (C=O) groups is 1. The number of rotatable bonds is 7. The number of ether oxygens (including phenoxy) is 2. The summed E-state index contributed by atoms with van der Waals surface area (Å²) in [6.45, 7) is 4.95. The molecule has 0 aromatic heterocycles. The van der Waals surface area contributed by atoms with Crippen molar-refractivity contribution in [1.29, 1.82) is 0 Å². The lowest BCUT2D eigenvalue weighted by Crippen LogP contribution is -2.48. The molecule has 24 heavy (non-hydrogen) atoms. The average Bonchev–Trinajstić information content (AvgIpc) is 2.52. The summed E-state index contributed by atoms with van der Waals surface area (Å²) >= 11 is 0. The molecule has 0 heterocycles. The minimum atomic E-state index is -0.586. The Balaban J connectivity index is 2.43. The molecule has 0 amide bonds. The van der Waals surface area contributed by atoms with Crippen molar-refractivity contribution in [2.45, 2.75) is 44.6 Å². The molecule has 0 spiro atoms. The van der Waals surface area contributed by atoms with Crippen molar-refractivity contribution in [3.8, 4) is 0 Å². The number of fused-ring (bicyclic) bond motifs is 1. The van der Waals surface area contributed by atoms with Crippen LogP contribution in [0.15, 0.2) is 18.2 Å². The Kier molecular flexibility index (Phi) is 6.35. The summed E-state index contributed by atoms with van der Waals surface area (Å²) < 4.78 is 24.5. The van der Waals surface area contributed by atoms with Crippen molar-refractivity contribution < 1.29 is 18.7 Å². The van der Waals surface area contributed by atoms with E-state index < -0.39 is 5.60 Å². The predicted molar refractivity (Wildman–Crippen MR) is 91.5 cm³/mol. The Morgan fingerprint density at radius 2 is 2.21 bits per heavy atom. The predicted octanol–water partition coefficient (Wildman–Crippen LogP) is 3.05. The molecular formula is C19H28FNO3. The molecule has 1 N–H and O–H groups in total. The third-order valence-electron chi connectivity index (χ3n) is 4.87. The third-order valence-corrected chi connectivity index (χ3v) is 4.87. The first-order valence-corrected chi connectivity index (χ1v) is 8.57. The van der Waals surface area contributed by atoms with Gasteiger partial charge < -0.3 is 14.8 Å². The fraction of sp³-hybridized carbons (Fsp3) is 0.632. The third kappa shape index (κ3) is 3.95. The van der Waals surface area contributed by atoms with Gasteiger partial charge in [0.25, 0.3) is 0 Å². The Bertz CT molecular complexity index is 576. The van der Waals surface area contributed by atoms with Crippen LogP contribution in [-0.2, 0) is 20.7 Å². The van der Waals surface area contributed by atoms with Gasteiger partial charge in [0.2, 0.25) is 0 Å². The summed E-state index contributed by atoms with van der Waals surface area (Å²) in [6, 6.07) is 4.97. The zero-order valence-corrected chi connectivity index (χ0v) is 15.0. The van der Waals surface area contributed by atoms with E-state index in [1.54, 1.807) is 6.07 Å². The first-order valence-electron chi connectivity index (χ1n) is 8.57. The molecule has 5 heteroatoms. The molecule has 1 aliphatic carbocycles. The highest BCUT2D eigenvalue weighted by Crippen LogP contribution is 2.47. The van der Waals surface area contributed by atoms with Gasteiger partial charge in [-0.15, -0.1) is 0 Å². The normalized spacial score (nSPS) is 23.2. The van der Waals surface area contributed by atoms with Crippen LogP contribution in [0.2, 0.25) is 0 Å². The van der Waals surface area contributed by atoms with Crippen LogP contribution in [0.4, 0.5) is 4.39 Å². The Hall–Kier alpha value is -1.46. The van der Waals surface area contributed by atoms with E-state index in [4.69, 9.17) is 9.47 Å².